The fourth-order valence-electron chi connectivity index (χ4n) is 3.20. The first-order valence-electron chi connectivity index (χ1n) is 9.26. The largest absolute Gasteiger partial charge is 0.337 e. The highest BCUT2D eigenvalue weighted by Crippen LogP contribution is 2.25. The lowest BCUT2D eigenvalue weighted by Gasteiger charge is -2.16. The number of nitrogens with zero attached hydrogens (tertiary/aromatic N) is 3. The van der Waals surface area contributed by atoms with Gasteiger partial charge in [-0.15, -0.1) is 0 Å². The van der Waals surface area contributed by atoms with Gasteiger partial charge in [-0.25, -0.2) is 4.68 Å². The minimum absolute atomic E-state index is 0.117. The number of H-pyrrole nitrogens is 1. The second-order valence-corrected chi connectivity index (χ2v) is 6.72. The molecule has 0 unspecified atom stereocenters. The van der Waals surface area contributed by atoms with E-state index in [4.69, 9.17) is 5.10 Å². The number of hydrogen-bond donors (Lipinski definition) is 1. The van der Waals surface area contributed by atoms with Crippen LogP contribution in [0, 0.1) is 0 Å². The first-order valence-corrected chi connectivity index (χ1v) is 9.26. The Balaban J connectivity index is 1.70. The third-order valence-corrected chi connectivity index (χ3v) is 4.66. The van der Waals surface area contributed by atoms with Gasteiger partial charge in [0.25, 0.3) is 11.5 Å². The minimum Gasteiger partial charge on any atom is -0.337 e. The summed E-state index contributed by atoms with van der Waals surface area (Å²) in [6, 6.07) is 22.8. The van der Waals surface area contributed by atoms with E-state index in [1.54, 1.807) is 13.1 Å². The van der Waals surface area contributed by atoms with Crippen molar-refractivity contribution in [1.29, 1.82) is 0 Å². The van der Waals surface area contributed by atoms with E-state index in [1.165, 1.54) is 17.2 Å². The van der Waals surface area contributed by atoms with E-state index >= 15 is 0 Å². The molecule has 29 heavy (non-hydrogen) atoms. The van der Waals surface area contributed by atoms with Crippen LogP contribution in [0.15, 0.2) is 90.0 Å². The zero-order valence-corrected chi connectivity index (χ0v) is 15.9. The van der Waals surface area contributed by atoms with Crippen molar-refractivity contribution in [3.63, 3.8) is 0 Å². The fraction of sp³-hybridized carbons (Fsp3) is 0.0870. The van der Waals surface area contributed by atoms with Gasteiger partial charge in [0.2, 0.25) is 0 Å². The highest BCUT2D eigenvalue weighted by molar-refractivity contribution is 5.93. The van der Waals surface area contributed by atoms with Crippen molar-refractivity contribution in [2.75, 3.05) is 7.05 Å². The second-order valence-electron chi connectivity index (χ2n) is 6.72. The Hall–Kier alpha value is -3.93. The van der Waals surface area contributed by atoms with E-state index in [-0.39, 0.29) is 11.5 Å². The summed E-state index contributed by atoms with van der Waals surface area (Å²) in [7, 11) is 1.68. The maximum atomic E-state index is 12.8. The van der Waals surface area contributed by atoms with Gasteiger partial charge >= 0.3 is 0 Å². The normalized spacial score (nSPS) is 10.7. The number of nitrogens with one attached hydrogen (secondary N) is 1. The molecule has 0 aliphatic carbocycles. The van der Waals surface area contributed by atoms with Crippen LogP contribution in [0.4, 0.5) is 0 Å². The van der Waals surface area contributed by atoms with E-state index in [2.05, 4.69) is 4.98 Å². The van der Waals surface area contributed by atoms with Gasteiger partial charge in [-0.1, -0.05) is 48.5 Å². The van der Waals surface area contributed by atoms with Crippen LogP contribution in [0.5, 0.6) is 0 Å². The van der Waals surface area contributed by atoms with Crippen molar-refractivity contribution in [2.45, 2.75) is 6.54 Å². The maximum absolute atomic E-state index is 12.8. The van der Waals surface area contributed by atoms with Crippen molar-refractivity contribution < 1.29 is 4.79 Å². The molecule has 2 aromatic carbocycles. The monoisotopic (exact) mass is 384 g/mol. The molecule has 0 aliphatic rings. The molecule has 0 atom stereocenters. The molecule has 0 bridgehead atoms. The Bertz CT molecular complexity index is 1180. The van der Waals surface area contributed by atoms with Gasteiger partial charge in [-0.05, 0) is 24.3 Å². The summed E-state index contributed by atoms with van der Waals surface area (Å²) in [5.74, 6) is -0.335. The predicted molar refractivity (Wildman–Crippen MR) is 112 cm³/mol. The van der Waals surface area contributed by atoms with Crippen LogP contribution in [0.25, 0.3) is 16.9 Å². The highest BCUT2D eigenvalue weighted by Gasteiger charge is 2.19. The second kappa shape index (κ2) is 7.98. The molecule has 0 saturated carbocycles. The number of carbonyl (C=O) groups excluding carboxylic acids is 1. The van der Waals surface area contributed by atoms with Crippen LogP contribution in [0.1, 0.15) is 15.9 Å². The van der Waals surface area contributed by atoms with E-state index in [0.717, 1.165) is 22.5 Å². The molecular formula is C23H20N4O2. The van der Waals surface area contributed by atoms with Gasteiger partial charge in [0.1, 0.15) is 5.56 Å². The Morgan fingerprint density at radius 1 is 1.00 bits per heavy atom. The molecule has 6 nitrogen and oxygen atoms in total. The molecule has 0 radical (unpaired) electrons. The number of hydrogen-bond acceptors (Lipinski definition) is 3. The number of aromatic nitrogens is 3. The first kappa shape index (κ1) is 18.4. The van der Waals surface area contributed by atoms with Crippen LogP contribution in [-0.2, 0) is 6.54 Å². The third-order valence-electron chi connectivity index (χ3n) is 4.66. The van der Waals surface area contributed by atoms with Gasteiger partial charge in [0.05, 0.1) is 11.4 Å². The Morgan fingerprint density at radius 3 is 2.38 bits per heavy atom. The molecule has 0 spiro atoms. The zero-order valence-electron chi connectivity index (χ0n) is 15.9. The molecule has 2 heterocycles. The van der Waals surface area contributed by atoms with Gasteiger partial charge in [-0.3, -0.25) is 9.59 Å². The summed E-state index contributed by atoms with van der Waals surface area (Å²) >= 11 is 0. The summed E-state index contributed by atoms with van der Waals surface area (Å²) in [6.07, 6.45) is 3.44. The molecule has 144 valence electrons. The number of carbonyl (C=O) groups is 1. The molecule has 4 aromatic rings. The van der Waals surface area contributed by atoms with Crippen molar-refractivity contribution in [3.8, 4) is 16.9 Å². The lowest BCUT2D eigenvalue weighted by Crippen LogP contribution is -2.31. The molecule has 6 heteroatoms. The van der Waals surface area contributed by atoms with E-state index in [0.29, 0.717) is 6.54 Å². The number of amides is 1. The van der Waals surface area contributed by atoms with Gasteiger partial charge < -0.3 is 9.88 Å². The molecule has 0 fully saturated rings. The van der Waals surface area contributed by atoms with Crippen LogP contribution >= 0.6 is 0 Å². The first-order chi connectivity index (χ1) is 14.1. The van der Waals surface area contributed by atoms with Crippen molar-refractivity contribution in [3.05, 3.63) is 107 Å². The van der Waals surface area contributed by atoms with E-state index < -0.39 is 5.56 Å². The zero-order chi connectivity index (χ0) is 20.2. The third kappa shape index (κ3) is 3.87. The Kier molecular flexibility index (Phi) is 5.07. The minimum atomic E-state index is -0.396. The standard InChI is InChI=1S/C23H20N4O2/c1-26(23(29)20-13-8-14-24-22(20)28)15-18-16-27(19-11-6-3-7-12-19)25-21(18)17-9-4-2-5-10-17/h2-14,16H,15H2,1H3,(H,24,28). The molecule has 2 aromatic heterocycles. The quantitative estimate of drug-likeness (QED) is 0.572. The Labute approximate surface area is 168 Å². The smallest absolute Gasteiger partial charge is 0.260 e. The fourth-order valence-corrected chi connectivity index (χ4v) is 3.20. The summed E-state index contributed by atoms with van der Waals surface area (Å²) < 4.78 is 1.81. The van der Waals surface area contributed by atoms with Crippen molar-refractivity contribution in [2.24, 2.45) is 0 Å². The van der Waals surface area contributed by atoms with Crippen LogP contribution < -0.4 is 5.56 Å². The van der Waals surface area contributed by atoms with Crippen LogP contribution in [0.2, 0.25) is 0 Å². The predicted octanol–water partition coefficient (Wildman–Crippen LogP) is 3.50. The summed E-state index contributed by atoms with van der Waals surface area (Å²) in [6.45, 7) is 0.324. The number of rotatable bonds is 5. The van der Waals surface area contributed by atoms with Gasteiger partial charge in [-0.2, -0.15) is 5.10 Å². The number of benzene rings is 2. The molecule has 4 rings (SSSR count). The van der Waals surface area contributed by atoms with Crippen molar-refractivity contribution in [1.82, 2.24) is 19.7 Å². The van der Waals surface area contributed by atoms with Gasteiger partial charge in [0.15, 0.2) is 0 Å². The van der Waals surface area contributed by atoms with Gasteiger partial charge in [0, 0.05) is 37.1 Å². The summed E-state index contributed by atoms with van der Waals surface area (Å²) in [4.78, 5) is 28.8. The topological polar surface area (TPSA) is 71.0 Å². The van der Waals surface area contributed by atoms with Crippen LogP contribution in [0.3, 0.4) is 0 Å². The lowest BCUT2D eigenvalue weighted by molar-refractivity contribution is 0.0783. The van der Waals surface area contributed by atoms with E-state index in [1.807, 2.05) is 71.5 Å². The maximum Gasteiger partial charge on any atom is 0.260 e. The summed E-state index contributed by atoms with van der Waals surface area (Å²) in [5, 5.41) is 4.76. The SMILES string of the molecule is CN(Cc1cn(-c2ccccc2)nc1-c1ccccc1)C(=O)c1ccc[nH]c1=O. The van der Waals surface area contributed by atoms with Crippen LogP contribution in [-0.4, -0.2) is 32.6 Å². The van der Waals surface area contributed by atoms with E-state index in [9.17, 15) is 9.59 Å². The average molecular weight is 384 g/mol. The Morgan fingerprint density at radius 2 is 1.69 bits per heavy atom. The highest BCUT2D eigenvalue weighted by atomic mass is 16.2. The summed E-state index contributed by atoms with van der Waals surface area (Å²) in [5.41, 5.74) is 3.32. The average Bonchev–Trinajstić information content (AvgIpc) is 3.18. The lowest BCUT2D eigenvalue weighted by atomic mass is 10.1. The molecule has 1 N–H and O–H groups in total. The van der Waals surface area contributed by atoms with Crippen molar-refractivity contribution >= 4 is 5.91 Å². The molecule has 0 aliphatic heterocycles. The molecule has 0 saturated heterocycles. The molecule has 1 amide bonds. The molecular weight excluding hydrogens is 364 g/mol. The number of aromatic amines is 1. The number of pyridine rings is 1. The number of para-hydroxylation sites is 1.